The molecule has 1 saturated heterocycles. The third-order valence-electron chi connectivity index (χ3n) is 3.77. The van der Waals surface area contributed by atoms with Crippen molar-refractivity contribution in [3.63, 3.8) is 0 Å². The van der Waals surface area contributed by atoms with Crippen LogP contribution in [0, 0.1) is 0 Å². The summed E-state index contributed by atoms with van der Waals surface area (Å²) in [6.45, 7) is 4.18. The largest absolute Gasteiger partial charge is 0.455 e. The number of hydrogen-bond donors (Lipinski definition) is 1. The molecular weight excluding hydrogens is 321 g/mol. The molecule has 0 aliphatic carbocycles. The molecule has 1 aromatic carbocycles. The first-order valence-corrected chi connectivity index (χ1v) is 8.03. The molecule has 1 fully saturated rings. The number of likely N-dealkylation sites (N-methyl/N-ethyl adjacent to an activating group) is 1. The highest BCUT2D eigenvalue weighted by molar-refractivity contribution is 6.42. The summed E-state index contributed by atoms with van der Waals surface area (Å²) < 4.78 is 5.79. The second-order valence-electron chi connectivity index (χ2n) is 5.49. The number of rotatable bonds is 3. The minimum Gasteiger partial charge on any atom is -0.455 e. The number of nitrogens with zero attached hydrogens (tertiary/aromatic N) is 2. The first kappa shape index (κ1) is 15.4. The lowest BCUT2D eigenvalue weighted by molar-refractivity contribution is -0.884. The van der Waals surface area contributed by atoms with Crippen molar-refractivity contribution < 1.29 is 9.32 Å². The Morgan fingerprint density at radius 1 is 1.14 bits per heavy atom. The Morgan fingerprint density at radius 2 is 1.91 bits per heavy atom. The van der Waals surface area contributed by atoms with Crippen LogP contribution in [0.5, 0.6) is 0 Å². The average Bonchev–Trinajstić information content (AvgIpc) is 2.98. The summed E-state index contributed by atoms with van der Waals surface area (Å²) in [5, 5.41) is 7.62. The van der Waals surface area contributed by atoms with E-state index in [4.69, 9.17) is 27.6 Å². The maximum atomic E-state index is 6.04. The van der Waals surface area contributed by atoms with Crippen LogP contribution in [0.4, 0.5) is 0 Å². The number of hydrazone groups is 1. The summed E-state index contributed by atoms with van der Waals surface area (Å²) in [4.78, 5) is 1.55. The number of benzene rings is 1. The lowest BCUT2D eigenvalue weighted by Crippen LogP contribution is -3.11. The van der Waals surface area contributed by atoms with Gasteiger partial charge in [0.15, 0.2) is 0 Å². The fourth-order valence-corrected chi connectivity index (χ4v) is 2.66. The van der Waals surface area contributed by atoms with E-state index in [0.717, 1.165) is 43.3 Å². The van der Waals surface area contributed by atoms with E-state index in [2.05, 4.69) is 17.2 Å². The Morgan fingerprint density at radius 3 is 2.64 bits per heavy atom. The third-order valence-corrected chi connectivity index (χ3v) is 4.51. The maximum Gasteiger partial charge on any atom is 0.147 e. The molecule has 22 heavy (non-hydrogen) atoms. The molecule has 0 saturated carbocycles. The lowest BCUT2D eigenvalue weighted by atomic mass is 10.2. The molecule has 2 aromatic rings. The number of hydrogen-bond acceptors (Lipinski definition) is 3. The fraction of sp³-hybridized carbons (Fsp3) is 0.312. The monoisotopic (exact) mass is 338 g/mol. The van der Waals surface area contributed by atoms with Crippen LogP contribution in [0.25, 0.3) is 11.3 Å². The van der Waals surface area contributed by atoms with Gasteiger partial charge in [-0.2, -0.15) is 5.10 Å². The zero-order valence-electron chi connectivity index (χ0n) is 12.4. The van der Waals surface area contributed by atoms with E-state index in [0.29, 0.717) is 10.0 Å². The number of nitrogens with one attached hydrogen (secondary N) is 1. The Labute approximate surface area is 139 Å². The summed E-state index contributed by atoms with van der Waals surface area (Å²) in [5.41, 5.74) is 0.900. The summed E-state index contributed by atoms with van der Waals surface area (Å²) >= 11 is 12.0. The molecule has 0 spiro atoms. The van der Waals surface area contributed by atoms with Crippen LogP contribution < -0.4 is 4.90 Å². The molecule has 6 heteroatoms. The molecule has 0 amide bonds. The van der Waals surface area contributed by atoms with Gasteiger partial charge in [-0.15, -0.1) is 0 Å². The second-order valence-corrected chi connectivity index (χ2v) is 6.30. The quantitative estimate of drug-likeness (QED) is 0.872. The minimum absolute atomic E-state index is 0.519. The molecule has 2 heterocycles. The predicted molar refractivity (Wildman–Crippen MR) is 90.0 cm³/mol. The molecule has 116 valence electrons. The van der Waals surface area contributed by atoms with E-state index in [-0.39, 0.29) is 0 Å². The highest BCUT2D eigenvalue weighted by Crippen LogP contribution is 2.29. The maximum absolute atomic E-state index is 6.04. The molecular formula is C16H18Cl2N3O+. The molecule has 0 atom stereocenters. The Hall–Kier alpha value is -1.49. The zero-order valence-corrected chi connectivity index (χ0v) is 13.9. The van der Waals surface area contributed by atoms with Crippen LogP contribution in [-0.4, -0.2) is 44.5 Å². The van der Waals surface area contributed by atoms with Gasteiger partial charge in [-0.25, -0.2) is 0 Å². The van der Waals surface area contributed by atoms with Crippen molar-refractivity contribution in [2.45, 2.75) is 0 Å². The smallest absolute Gasteiger partial charge is 0.147 e. The summed E-state index contributed by atoms with van der Waals surface area (Å²) in [5.74, 6) is 1.48. The fourth-order valence-electron chi connectivity index (χ4n) is 2.36. The van der Waals surface area contributed by atoms with Crippen molar-refractivity contribution in [3.8, 4) is 11.3 Å². The highest BCUT2D eigenvalue weighted by atomic mass is 35.5. The van der Waals surface area contributed by atoms with E-state index in [1.807, 2.05) is 18.2 Å². The molecule has 4 nitrogen and oxygen atoms in total. The van der Waals surface area contributed by atoms with Gasteiger partial charge in [0.05, 0.1) is 49.5 Å². The van der Waals surface area contributed by atoms with E-state index in [1.165, 1.54) is 0 Å². The van der Waals surface area contributed by atoms with Crippen molar-refractivity contribution in [3.05, 3.63) is 46.1 Å². The Bertz CT molecular complexity index is 676. The van der Waals surface area contributed by atoms with Crippen molar-refractivity contribution >= 4 is 29.4 Å². The predicted octanol–water partition coefficient (Wildman–Crippen LogP) is 2.42. The Balaban J connectivity index is 1.69. The van der Waals surface area contributed by atoms with Gasteiger partial charge in [0.25, 0.3) is 0 Å². The van der Waals surface area contributed by atoms with Gasteiger partial charge in [0.1, 0.15) is 11.5 Å². The standard InChI is InChI=1S/C16H17Cl2N3O/c1-20-6-8-21(9-7-20)19-11-13-3-5-16(22-13)12-2-4-14(17)15(18)10-12/h2-5,10-11H,6-9H2,1H3/p+1/b19-11-. The van der Waals surface area contributed by atoms with Crippen LogP contribution in [0.2, 0.25) is 10.0 Å². The van der Waals surface area contributed by atoms with Crippen LogP contribution >= 0.6 is 23.2 Å². The van der Waals surface area contributed by atoms with Gasteiger partial charge >= 0.3 is 0 Å². The van der Waals surface area contributed by atoms with Gasteiger partial charge in [-0.3, -0.25) is 5.01 Å². The average molecular weight is 339 g/mol. The molecule has 1 aliphatic rings. The number of furan rings is 1. The number of quaternary nitrogens is 1. The van der Waals surface area contributed by atoms with Gasteiger partial charge in [-0.1, -0.05) is 23.2 Å². The SMILES string of the molecule is C[NH+]1CCN(/N=C\c2ccc(-c3ccc(Cl)c(Cl)c3)o2)CC1. The molecule has 1 N–H and O–H groups in total. The van der Waals surface area contributed by atoms with Gasteiger partial charge in [-0.05, 0) is 30.3 Å². The molecule has 1 aliphatic heterocycles. The molecule has 0 bridgehead atoms. The van der Waals surface area contributed by atoms with Gasteiger partial charge in [0.2, 0.25) is 0 Å². The van der Waals surface area contributed by atoms with E-state index in [1.54, 1.807) is 23.2 Å². The van der Waals surface area contributed by atoms with E-state index in [9.17, 15) is 0 Å². The molecule has 3 rings (SSSR count). The second kappa shape index (κ2) is 6.73. The normalized spacial score (nSPS) is 16.6. The molecule has 0 unspecified atom stereocenters. The topological polar surface area (TPSA) is 33.2 Å². The lowest BCUT2D eigenvalue weighted by Gasteiger charge is -2.27. The van der Waals surface area contributed by atoms with E-state index < -0.39 is 0 Å². The van der Waals surface area contributed by atoms with Crippen LogP contribution in [0.1, 0.15) is 5.76 Å². The van der Waals surface area contributed by atoms with Gasteiger partial charge < -0.3 is 9.32 Å². The minimum atomic E-state index is 0.519. The van der Waals surface area contributed by atoms with Crippen LogP contribution in [0.15, 0.2) is 39.9 Å². The number of halogens is 2. The van der Waals surface area contributed by atoms with Crippen molar-refractivity contribution in [1.82, 2.24) is 5.01 Å². The van der Waals surface area contributed by atoms with Crippen LogP contribution in [0.3, 0.4) is 0 Å². The number of piperazine rings is 1. The first-order chi connectivity index (χ1) is 10.6. The highest BCUT2D eigenvalue weighted by Gasteiger charge is 2.14. The summed E-state index contributed by atoms with van der Waals surface area (Å²) in [6.07, 6.45) is 1.77. The molecule has 1 aromatic heterocycles. The van der Waals surface area contributed by atoms with E-state index >= 15 is 0 Å². The molecule has 0 radical (unpaired) electrons. The van der Waals surface area contributed by atoms with Crippen molar-refractivity contribution in [2.75, 3.05) is 33.2 Å². The summed E-state index contributed by atoms with van der Waals surface area (Å²) in [6, 6.07) is 9.27. The third kappa shape index (κ3) is 3.64. The summed E-state index contributed by atoms with van der Waals surface area (Å²) in [7, 11) is 2.21. The van der Waals surface area contributed by atoms with Crippen molar-refractivity contribution in [1.29, 1.82) is 0 Å². The van der Waals surface area contributed by atoms with Crippen LogP contribution in [-0.2, 0) is 0 Å². The van der Waals surface area contributed by atoms with Crippen molar-refractivity contribution in [2.24, 2.45) is 5.10 Å². The first-order valence-electron chi connectivity index (χ1n) is 7.27. The zero-order chi connectivity index (χ0) is 15.5. The van der Waals surface area contributed by atoms with Gasteiger partial charge in [0, 0.05) is 5.56 Å². The Kier molecular flexibility index (Phi) is 4.71.